The summed E-state index contributed by atoms with van der Waals surface area (Å²) in [6.07, 6.45) is 6.01. The molecule has 0 unspecified atom stereocenters. The van der Waals surface area contributed by atoms with E-state index in [2.05, 4.69) is 44.4 Å². The molecular weight excluding hydrogens is 406 g/mol. The molecule has 31 heavy (non-hydrogen) atoms. The van der Waals surface area contributed by atoms with Gasteiger partial charge < -0.3 is 9.84 Å². The van der Waals surface area contributed by atoms with E-state index < -0.39 is 5.97 Å². The lowest BCUT2D eigenvalue weighted by Crippen LogP contribution is -2.35. The molecule has 1 saturated carbocycles. The molecule has 0 bridgehead atoms. The number of carboxylic acids is 1. The lowest BCUT2D eigenvalue weighted by molar-refractivity contribution is 0.0701. The maximum Gasteiger partial charge on any atom is 0.346 e. The zero-order valence-electron chi connectivity index (χ0n) is 19.7. The minimum atomic E-state index is -0.845. The Morgan fingerprint density at radius 2 is 2.00 bits per heavy atom. The van der Waals surface area contributed by atoms with Gasteiger partial charge in [-0.2, -0.15) is 0 Å². The molecular formula is C26H37NO3S. The normalized spacial score (nSPS) is 22.9. The van der Waals surface area contributed by atoms with Gasteiger partial charge in [0.05, 0.1) is 11.5 Å². The van der Waals surface area contributed by atoms with Gasteiger partial charge in [0.15, 0.2) is 0 Å². The molecule has 2 heterocycles. The molecule has 0 atom stereocenters. The van der Waals surface area contributed by atoms with Crippen molar-refractivity contribution >= 4 is 22.9 Å². The average Bonchev–Trinajstić information content (AvgIpc) is 3.15. The van der Waals surface area contributed by atoms with Gasteiger partial charge in [-0.3, -0.25) is 4.90 Å². The van der Waals surface area contributed by atoms with E-state index in [9.17, 15) is 9.90 Å². The molecule has 0 spiro atoms. The summed E-state index contributed by atoms with van der Waals surface area (Å²) in [5.41, 5.74) is 3.51. The first-order chi connectivity index (χ1) is 14.7. The zero-order chi connectivity index (χ0) is 22.6. The zero-order valence-corrected chi connectivity index (χ0v) is 20.5. The highest BCUT2D eigenvalue weighted by Crippen LogP contribution is 2.42. The lowest BCUT2D eigenvalue weighted by Gasteiger charge is -2.36. The van der Waals surface area contributed by atoms with Crippen molar-refractivity contribution in [1.29, 1.82) is 0 Å². The summed E-state index contributed by atoms with van der Waals surface area (Å²) >= 11 is 1.32. The van der Waals surface area contributed by atoms with Crippen molar-refractivity contribution < 1.29 is 14.6 Å². The number of aromatic carboxylic acids is 1. The molecule has 1 aliphatic heterocycles. The van der Waals surface area contributed by atoms with Crippen molar-refractivity contribution in [3.63, 3.8) is 0 Å². The Balaban J connectivity index is 2.02. The smallest absolute Gasteiger partial charge is 0.346 e. The minimum Gasteiger partial charge on any atom is -0.477 e. The molecule has 0 radical (unpaired) electrons. The first-order valence-corrected chi connectivity index (χ1v) is 12.3. The predicted molar refractivity (Wildman–Crippen MR) is 129 cm³/mol. The highest BCUT2D eigenvalue weighted by molar-refractivity contribution is 7.14. The van der Waals surface area contributed by atoms with E-state index >= 15 is 0 Å². The molecule has 1 aliphatic carbocycles. The summed E-state index contributed by atoms with van der Waals surface area (Å²) in [4.78, 5) is 15.8. The van der Waals surface area contributed by atoms with Gasteiger partial charge in [0.1, 0.15) is 4.88 Å². The van der Waals surface area contributed by atoms with Gasteiger partial charge >= 0.3 is 5.97 Å². The van der Waals surface area contributed by atoms with E-state index in [1.165, 1.54) is 48.2 Å². The quantitative estimate of drug-likeness (QED) is 0.567. The SMILES string of the molecule is COCCN1CCC(C2CCC(C)CC2)=C(c2cc(C#CC(C)(C)C)sc2C(=O)O)C1. The van der Waals surface area contributed by atoms with Gasteiger partial charge in [-0.15, -0.1) is 11.3 Å². The van der Waals surface area contributed by atoms with Crippen LogP contribution in [0.5, 0.6) is 0 Å². The van der Waals surface area contributed by atoms with Crippen LogP contribution < -0.4 is 0 Å². The molecule has 0 amide bonds. The van der Waals surface area contributed by atoms with Gasteiger partial charge in [0.2, 0.25) is 0 Å². The minimum absolute atomic E-state index is 0.113. The second-order valence-electron chi connectivity index (χ2n) is 10.1. The maximum absolute atomic E-state index is 12.2. The molecule has 1 N–H and O–H groups in total. The summed E-state index contributed by atoms with van der Waals surface area (Å²) in [5, 5.41) is 9.98. The van der Waals surface area contributed by atoms with Crippen LogP contribution in [-0.4, -0.2) is 49.3 Å². The Hall–Kier alpha value is -1.61. The van der Waals surface area contributed by atoms with E-state index in [1.54, 1.807) is 7.11 Å². The second-order valence-corrected chi connectivity index (χ2v) is 11.2. The molecule has 0 aromatic carbocycles. The molecule has 4 nitrogen and oxygen atoms in total. The fraction of sp³-hybridized carbons (Fsp3) is 0.654. The number of hydrogen-bond acceptors (Lipinski definition) is 4. The van der Waals surface area contributed by atoms with E-state index in [0.29, 0.717) is 17.4 Å². The first kappa shape index (κ1) is 24.0. The third-order valence-corrected chi connectivity index (χ3v) is 7.44. The lowest BCUT2D eigenvalue weighted by atomic mass is 9.75. The monoisotopic (exact) mass is 443 g/mol. The van der Waals surface area contributed by atoms with Gasteiger partial charge in [-0.25, -0.2) is 4.79 Å². The summed E-state index contributed by atoms with van der Waals surface area (Å²) in [7, 11) is 1.73. The Labute approximate surface area is 191 Å². The topological polar surface area (TPSA) is 49.8 Å². The number of carbonyl (C=O) groups is 1. The van der Waals surface area contributed by atoms with Gasteiger partial charge in [-0.05, 0) is 63.5 Å². The number of hydrogen-bond donors (Lipinski definition) is 1. The van der Waals surface area contributed by atoms with Crippen LogP contribution in [0.25, 0.3) is 5.57 Å². The standard InChI is InChI=1S/C26H37NO3S/c1-18-6-8-19(9-7-18)21-11-13-27(14-15-30-5)17-23(21)22-16-20(10-12-26(2,3)4)31-24(22)25(28)29/h16,18-19H,6-9,11,13-15,17H2,1-5H3,(H,28,29). The van der Waals surface area contributed by atoms with Crippen molar-refractivity contribution in [1.82, 2.24) is 4.90 Å². The molecule has 2 aliphatic rings. The molecule has 1 aromatic heterocycles. The summed E-state index contributed by atoms with van der Waals surface area (Å²) in [6, 6.07) is 2.04. The molecule has 1 fully saturated rings. The first-order valence-electron chi connectivity index (χ1n) is 11.5. The average molecular weight is 444 g/mol. The van der Waals surface area contributed by atoms with Crippen LogP contribution in [0.4, 0.5) is 0 Å². The van der Waals surface area contributed by atoms with E-state index in [0.717, 1.165) is 42.4 Å². The molecule has 0 saturated heterocycles. The summed E-state index contributed by atoms with van der Waals surface area (Å²) in [5.74, 6) is 7.04. The van der Waals surface area contributed by atoms with Crippen LogP contribution >= 0.6 is 11.3 Å². The van der Waals surface area contributed by atoms with Crippen molar-refractivity contribution in [3.05, 3.63) is 27.0 Å². The van der Waals surface area contributed by atoms with Gasteiger partial charge in [0.25, 0.3) is 0 Å². The molecule has 5 heteroatoms. The van der Waals surface area contributed by atoms with Crippen molar-refractivity contribution in [2.75, 3.05) is 33.4 Å². The van der Waals surface area contributed by atoms with Gasteiger partial charge in [-0.1, -0.05) is 37.2 Å². The fourth-order valence-corrected chi connectivity index (χ4v) is 5.53. The highest BCUT2D eigenvalue weighted by atomic mass is 32.1. The van der Waals surface area contributed by atoms with Crippen LogP contribution in [0.2, 0.25) is 0 Å². The van der Waals surface area contributed by atoms with E-state index in [1.807, 2.05) is 6.07 Å². The Morgan fingerprint density at radius 3 is 2.61 bits per heavy atom. The summed E-state index contributed by atoms with van der Waals surface area (Å²) in [6.45, 7) is 12.0. The molecule has 1 aromatic rings. The number of rotatable bonds is 6. The Kier molecular flexibility index (Phi) is 8.02. The van der Waals surface area contributed by atoms with Crippen LogP contribution in [0.1, 0.15) is 79.9 Å². The van der Waals surface area contributed by atoms with E-state index in [4.69, 9.17) is 4.74 Å². The molecule has 3 rings (SSSR count). The van der Waals surface area contributed by atoms with Crippen LogP contribution in [0, 0.1) is 29.1 Å². The third-order valence-electron chi connectivity index (χ3n) is 6.40. The van der Waals surface area contributed by atoms with Crippen LogP contribution in [0.3, 0.4) is 0 Å². The third kappa shape index (κ3) is 6.44. The van der Waals surface area contributed by atoms with Crippen LogP contribution in [-0.2, 0) is 4.74 Å². The maximum atomic E-state index is 12.2. The number of ether oxygens (including phenoxy) is 1. The van der Waals surface area contributed by atoms with E-state index in [-0.39, 0.29) is 5.41 Å². The summed E-state index contributed by atoms with van der Waals surface area (Å²) < 4.78 is 5.30. The Morgan fingerprint density at radius 1 is 1.29 bits per heavy atom. The van der Waals surface area contributed by atoms with Gasteiger partial charge in [0, 0.05) is 37.7 Å². The second kappa shape index (κ2) is 10.3. The Bertz CT molecular complexity index is 873. The number of carboxylic acid groups (broad SMARTS) is 1. The van der Waals surface area contributed by atoms with Crippen LogP contribution in [0.15, 0.2) is 11.6 Å². The largest absolute Gasteiger partial charge is 0.477 e. The van der Waals surface area contributed by atoms with Crippen molar-refractivity contribution in [3.8, 4) is 11.8 Å². The highest BCUT2D eigenvalue weighted by Gasteiger charge is 2.30. The number of nitrogens with zero attached hydrogens (tertiary/aromatic N) is 1. The fourth-order valence-electron chi connectivity index (χ4n) is 4.65. The predicted octanol–water partition coefficient (Wildman–Crippen LogP) is 5.78. The number of thiophene rings is 1. The van der Waals surface area contributed by atoms with Crippen molar-refractivity contribution in [2.45, 2.75) is 59.8 Å². The number of methoxy groups -OCH3 is 1. The molecule has 170 valence electrons. The van der Waals surface area contributed by atoms with Crippen molar-refractivity contribution in [2.24, 2.45) is 17.3 Å².